The van der Waals surface area contributed by atoms with Gasteiger partial charge >= 0.3 is 0 Å². The van der Waals surface area contributed by atoms with E-state index in [0.29, 0.717) is 10.9 Å². The van der Waals surface area contributed by atoms with Crippen molar-refractivity contribution < 1.29 is 4.79 Å². The van der Waals surface area contributed by atoms with E-state index in [0.717, 1.165) is 19.4 Å². The molecule has 4 heteroatoms. The van der Waals surface area contributed by atoms with Gasteiger partial charge in [0.05, 0.1) is 10.9 Å². The van der Waals surface area contributed by atoms with Gasteiger partial charge in [0.25, 0.3) is 0 Å². The van der Waals surface area contributed by atoms with Crippen LogP contribution in [-0.2, 0) is 4.79 Å². The summed E-state index contributed by atoms with van der Waals surface area (Å²) in [4.78, 5) is 14.3. The average molecular weight is 242 g/mol. The molecule has 0 aromatic carbocycles. The standard InChI is InChI=1S/C12H22N2OS/c1-3-5-10(11(13)16)12(15)14(2)8-9-6-4-7-9/h9-10H,3-8H2,1-2H3,(H2,13,16). The summed E-state index contributed by atoms with van der Waals surface area (Å²) in [6.45, 7) is 2.91. The molecule has 3 nitrogen and oxygen atoms in total. The number of carbonyl (C=O) groups excluding carboxylic acids is 1. The highest BCUT2D eigenvalue weighted by atomic mass is 32.1. The van der Waals surface area contributed by atoms with Crippen molar-refractivity contribution in [3.05, 3.63) is 0 Å². The van der Waals surface area contributed by atoms with Gasteiger partial charge in [-0.25, -0.2) is 0 Å². The van der Waals surface area contributed by atoms with E-state index in [2.05, 4.69) is 0 Å². The van der Waals surface area contributed by atoms with Crippen LogP contribution in [0.4, 0.5) is 0 Å². The third-order valence-corrected chi connectivity index (χ3v) is 3.64. The maximum absolute atomic E-state index is 12.1. The zero-order valence-electron chi connectivity index (χ0n) is 10.2. The van der Waals surface area contributed by atoms with Crippen molar-refractivity contribution in [2.75, 3.05) is 13.6 Å². The third-order valence-electron chi connectivity index (χ3n) is 3.35. The summed E-state index contributed by atoms with van der Waals surface area (Å²) >= 11 is 4.96. The van der Waals surface area contributed by atoms with Crippen LogP contribution in [0.3, 0.4) is 0 Å². The summed E-state index contributed by atoms with van der Waals surface area (Å²) in [5.74, 6) is 0.536. The second kappa shape index (κ2) is 6.18. The number of thiocarbonyl (C=S) groups is 1. The van der Waals surface area contributed by atoms with E-state index < -0.39 is 0 Å². The third kappa shape index (κ3) is 3.44. The van der Waals surface area contributed by atoms with Gasteiger partial charge in [-0.05, 0) is 25.2 Å². The van der Waals surface area contributed by atoms with Crippen molar-refractivity contribution in [2.45, 2.75) is 39.0 Å². The number of hydrogen-bond acceptors (Lipinski definition) is 2. The van der Waals surface area contributed by atoms with E-state index in [-0.39, 0.29) is 11.8 Å². The lowest BCUT2D eigenvalue weighted by atomic mass is 9.85. The van der Waals surface area contributed by atoms with Crippen molar-refractivity contribution in [1.29, 1.82) is 0 Å². The first-order chi connectivity index (χ1) is 7.56. The van der Waals surface area contributed by atoms with Gasteiger partial charge in [0.2, 0.25) is 5.91 Å². The highest BCUT2D eigenvalue weighted by Crippen LogP contribution is 2.27. The average Bonchev–Trinajstić information content (AvgIpc) is 2.18. The number of rotatable bonds is 6. The Hall–Kier alpha value is -0.640. The molecule has 16 heavy (non-hydrogen) atoms. The monoisotopic (exact) mass is 242 g/mol. The molecule has 0 aliphatic heterocycles. The molecule has 0 spiro atoms. The Morgan fingerprint density at radius 1 is 1.56 bits per heavy atom. The van der Waals surface area contributed by atoms with Gasteiger partial charge in [0.1, 0.15) is 0 Å². The molecule has 1 unspecified atom stereocenters. The van der Waals surface area contributed by atoms with Gasteiger partial charge in [0.15, 0.2) is 0 Å². The van der Waals surface area contributed by atoms with E-state index in [1.165, 1.54) is 19.3 Å². The first kappa shape index (κ1) is 13.4. The lowest BCUT2D eigenvalue weighted by molar-refractivity contribution is -0.133. The Balaban J connectivity index is 2.47. The smallest absolute Gasteiger partial charge is 0.232 e. The molecule has 1 aliphatic rings. The Morgan fingerprint density at radius 3 is 2.56 bits per heavy atom. The molecule has 0 aromatic heterocycles. The van der Waals surface area contributed by atoms with Crippen molar-refractivity contribution >= 4 is 23.1 Å². The Morgan fingerprint density at radius 2 is 2.19 bits per heavy atom. The number of hydrogen-bond donors (Lipinski definition) is 1. The van der Waals surface area contributed by atoms with Crippen molar-refractivity contribution in [3.8, 4) is 0 Å². The summed E-state index contributed by atoms with van der Waals surface area (Å²) in [5, 5.41) is 0. The first-order valence-electron chi connectivity index (χ1n) is 6.10. The van der Waals surface area contributed by atoms with Crippen LogP contribution >= 0.6 is 12.2 Å². The molecule has 0 bridgehead atoms. The Kier molecular flexibility index (Phi) is 5.19. The molecule has 0 heterocycles. The fourth-order valence-corrected chi connectivity index (χ4v) is 2.31. The van der Waals surface area contributed by atoms with Crippen LogP contribution in [0, 0.1) is 11.8 Å². The minimum atomic E-state index is -0.259. The molecule has 0 aromatic rings. The van der Waals surface area contributed by atoms with Crippen LogP contribution < -0.4 is 5.73 Å². The molecule has 1 saturated carbocycles. The normalized spacial score (nSPS) is 17.6. The second-order valence-corrected chi connectivity index (χ2v) is 5.23. The molecule has 2 N–H and O–H groups in total. The van der Waals surface area contributed by atoms with Gasteiger partial charge in [-0.2, -0.15) is 0 Å². The summed E-state index contributed by atoms with van der Waals surface area (Å²) < 4.78 is 0. The van der Waals surface area contributed by atoms with Crippen LogP contribution in [0.5, 0.6) is 0 Å². The van der Waals surface area contributed by atoms with Gasteiger partial charge in [-0.3, -0.25) is 4.79 Å². The molecule has 92 valence electrons. The molecule has 1 amide bonds. The summed E-state index contributed by atoms with van der Waals surface area (Å²) in [5.41, 5.74) is 5.62. The fourth-order valence-electron chi connectivity index (χ4n) is 2.09. The maximum atomic E-state index is 12.1. The first-order valence-corrected chi connectivity index (χ1v) is 6.51. The summed E-state index contributed by atoms with van der Waals surface area (Å²) in [7, 11) is 1.86. The molecule has 1 fully saturated rings. The minimum Gasteiger partial charge on any atom is -0.393 e. The molecular weight excluding hydrogens is 220 g/mol. The summed E-state index contributed by atoms with van der Waals surface area (Å²) in [6.07, 6.45) is 5.51. The van der Waals surface area contributed by atoms with Gasteiger partial charge in [-0.1, -0.05) is 32.0 Å². The lowest BCUT2D eigenvalue weighted by Crippen LogP contribution is -2.42. The SMILES string of the molecule is CCCC(C(=O)N(C)CC1CCC1)C(N)=S. The summed E-state index contributed by atoms with van der Waals surface area (Å²) in [6, 6.07) is 0. The van der Waals surface area contributed by atoms with Gasteiger partial charge < -0.3 is 10.6 Å². The van der Waals surface area contributed by atoms with E-state index in [1.807, 2.05) is 18.9 Å². The second-order valence-electron chi connectivity index (χ2n) is 4.76. The molecule has 1 aliphatic carbocycles. The minimum absolute atomic E-state index is 0.0984. The molecule has 0 saturated heterocycles. The highest BCUT2D eigenvalue weighted by molar-refractivity contribution is 7.80. The topological polar surface area (TPSA) is 46.3 Å². The molecular formula is C12H22N2OS. The largest absolute Gasteiger partial charge is 0.393 e. The van der Waals surface area contributed by atoms with Crippen molar-refractivity contribution in [1.82, 2.24) is 4.90 Å². The van der Waals surface area contributed by atoms with Crippen molar-refractivity contribution in [3.63, 3.8) is 0 Å². The van der Waals surface area contributed by atoms with Crippen molar-refractivity contribution in [2.24, 2.45) is 17.6 Å². The number of amides is 1. The van der Waals surface area contributed by atoms with E-state index >= 15 is 0 Å². The van der Waals surface area contributed by atoms with Gasteiger partial charge in [0, 0.05) is 13.6 Å². The van der Waals surface area contributed by atoms with Crippen LogP contribution in [0.25, 0.3) is 0 Å². The van der Waals surface area contributed by atoms with Crippen LogP contribution in [0.2, 0.25) is 0 Å². The van der Waals surface area contributed by atoms with Crippen LogP contribution in [0.1, 0.15) is 39.0 Å². The number of carbonyl (C=O) groups is 1. The Labute approximate surface area is 103 Å². The highest BCUT2D eigenvalue weighted by Gasteiger charge is 2.27. The van der Waals surface area contributed by atoms with Crippen LogP contribution in [-0.4, -0.2) is 29.4 Å². The van der Waals surface area contributed by atoms with Crippen LogP contribution in [0.15, 0.2) is 0 Å². The number of nitrogens with zero attached hydrogens (tertiary/aromatic N) is 1. The maximum Gasteiger partial charge on any atom is 0.232 e. The zero-order valence-corrected chi connectivity index (χ0v) is 11.1. The Bertz CT molecular complexity index is 264. The molecule has 0 radical (unpaired) electrons. The van der Waals surface area contributed by atoms with E-state index in [4.69, 9.17) is 18.0 Å². The lowest BCUT2D eigenvalue weighted by Gasteiger charge is -2.31. The predicted octanol–water partition coefficient (Wildman–Crippen LogP) is 1.95. The van der Waals surface area contributed by atoms with E-state index in [9.17, 15) is 4.79 Å². The van der Waals surface area contributed by atoms with Gasteiger partial charge in [-0.15, -0.1) is 0 Å². The number of nitrogens with two attached hydrogens (primary N) is 1. The quantitative estimate of drug-likeness (QED) is 0.724. The predicted molar refractivity (Wildman–Crippen MR) is 70.2 cm³/mol. The molecule has 1 rings (SSSR count). The zero-order chi connectivity index (χ0) is 12.1. The molecule has 1 atom stereocenters. The van der Waals surface area contributed by atoms with E-state index in [1.54, 1.807) is 0 Å². The fraction of sp³-hybridized carbons (Fsp3) is 0.833.